The molecule has 1 amide bonds. The molecule has 1 N–H and O–H groups in total. The van der Waals surface area contributed by atoms with Crippen molar-refractivity contribution in [3.05, 3.63) is 77.1 Å². The number of anilines is 2. The molecule has 34 heavy (non-hydrogen) atoms. The minimum absolute atomic E-state index is 0.0830. The second kappa shape index (κ2) is 9.27. The van der Waals surface area contributed by atoms with Gasteiger partial charge in [0, 0.05) is 29.9 Å². The molecule has 0 atom stereocenters. The third-order valence-corrected chi connectivity index (χ3v) is 6.17. The summed E-state index contributed by atoms with van der Waals surface area (Å²) in [7, 11) is 1.59. The molecule has 7 nitrogen and oxygen atoms in total. The van der Waals surface area contributed by atoms with Gasteiger partial charge in [0.05, 0.1) is 30.4 Å². The zero-order chi connectivity index (χ0) is 23.7. The molecule has 4 aromatic rings. The zero-order valence-electron chi connectivity index (χ0n) is 19.0. The van der Waals surface area contributed by atoms with Gasteiger partial charge in [0.15, 0.2) is 6.61 Å². The summed E-state index contributed by atoms with van der Waals surface area (Å²) in [5, 5.41) is 3.56. The number of rotatable bonds is 6. The first-order valence-electron chi connectivity index (χ1n) is 11.1. The van der Waals surface area contributed by atoms with Crippen LogP contribution in [0.15, 0.2) is 60.7 Å². The number of carbonyl (C=O) groups is 1. The Balaban J connectivity index is 1.27. The summed E-state index contributed by atoms with van der Waals surface area (Å²) in [6.07, 6.45) is 0. The van der Waals surface area contributed by atoms with Gasteiger partial charge in [-0.3, -0.25) is 4.79 Å². The van der Waals surface area contributed by atoms with Gasteiger partial charge < -0.3 is 24.3 Å². The van der Waals surface area contributed by atoms with Crippen LogP contribution in [0.4, 0.5) is 11.4 Å². The number of benzene rings is 3. The first-order chi connectivity index (χ1) is 16.5. The average molecular weight is 477 g/mol. The summed E-state index contributed by atoms with van der Waals surface area (Å²) >= 11 is 6.14. The van der Waals surface area contributed by atoms with Crippen molar-refractivity contribution >= 4 is 39.9 Å². The Labute approximate surface area is 202 Å². The molecule has 1 aliphatic heterocycles. The Morgan fingerprint density at radius 3 is 2.71 bits per heavy atom. The van der Waals surface area contributed by atoms with Crippen molar-refractivity contribution in [1.29, 1.82) is 0 Å². The Hall–Kier alpha value is -3.71. The second-order valence-electron chi connectivity index (χ2n) is 8.27. The number of hydrogen-bond donors (Lipinski definition) is 1. The molecule has 0 saturated heterocycles. The first kappa shape index (κ1) is 22.1. The number of aryl methyl sites for hydroxylation is 1. The maximum absolute atomic E-state index is 12.4. The number of ether oxygens (including phenoxy) is 2. The number of nitrogens with one attached hydrogen (secondary N) is 1. The highest BCUT2D eigenvalue weighted by molar-refractivity contribution is 6.31. The number of halogens is 1. The van der Waals surface area contributed by atoms with Crippen molar-refractivity contribution < 1.29 is 14.3 Å². The fourth-order valence-electron chi connectivity index (χ4n) is 4.16. The van der Waals surface area contributed by atoms with Crippen molar-refractivity contribution in [2.45, 2.75) is 20.0 Å². The lowest BCUT2D eigenvalue weighted by Gasteiger charge is -2.30. The van der Waals surface area contributed by atoms with Gasteiger partial charge in [-0.2, -0.15) is 0 Å². The molecule has 0 spiro atoms. The molecule has 174 valence electrons. The first-order valence-corrected chi connectivity index (χ1v) is 11.4. The van der Waals surface area contributed by atoms with Crippen molar-refractivity contribution in [1.82, 2.24) is 9.55 Å². The molecule has 0 bridgehead atoms. The van der Waals surface area contributed by atoms with Gasteiger partial charge >= 0.3 is 0 Å². The lowest BCUT2D eigenvalue weighted by atomic mass is 10.2. The minimum Gasteiger partial charge on any atom is -0.494 e. The predicted octanol–water partition coefficient (Wildman–Crippen LogP) is 5.04. The summed E-state index contributed by atoms with van der Waals surface area (Å²) in [5.74, 6) is 1.98. The standard InChI is InChI=1S/C26H25ClN4O3/c1-17-3-7-20(8-4-17)34-16-26(32)29-21-9-6-19(14-24(21)33-2)30-11-12-31-23-10-5-18(27)13-22(23)28-25(31)15-30/h3-10,13-14H,11-12,15-16H2,1-2H3,(H,29,32). The van der Waals surface area contributed by atoms with Crippen LogP contribution in [0.25, 0.3) is 11.0 Å². The maximum atomic E-state index is 12.4. The van der Waals surface area contributed by atoms with E-state index >= 15 is 0 Å². The molecule has 0 unspecified atom stereocenters. The van der Waals surface area contributed by atoms with Gasteiger partial charge in [0.25, 0.3) is 5.91 Å². The number of methoxy groups -OCH3 is 1. The number of carbonyl (C=O) groups excluding carboxylic acids is 1. The van der Waals surface area contributed by atoms with Gasteiger partial charge in [-0.25, -0.2) is 4.98 Å². The van der Waals surface area contributed by atoms with E-state index in [2.05, 4.69) is 14.8 Å². The quantitative estimate of drug-likeness (QED) is 0.422. The van der Waals surface area contributed by atoms with Crippen LogP contribution in [0, 0.1) is 6.92 Å². The highest BCUT2D eigenvalue weighted by Gasteiger charge is 2.21. The van der Waals surface area contributed by atoms with Crippen molar-refractivity contribution in [3.63, 3.8) is 0 Å². The van der Waals surface area contributed by atoms with E-state index in [0.717, 1.165) is 41.2 Å². The van der Waals surface area contributed by atoms with Crippen LogP contribution in [-0.4, -0.2) is 35.7 Å². The van der Waals surface area contributed by atoms with Crippen LogP contribution >= 0.6 is 11.6 Å². The number of fused-ring (bicyclic) bond motifs is 3. The highest BCUT2D eigenvalue weighted by atomic mass is 35.5. The summed E-state index contributed by atoms with van der Waals surface area (Å²) in [6.45, 7) is 4.25. The molecule has 0 aliphatic carbocycles. The Bertz CT molecular complexity index is 1350. The van der Waals surface area contributed by atoms with Gasteiger partial charge in [0.1, 0.15) is 17.3 Å². The summed E-state index contributed by atoms with van der Waals surface area (Å²) < 4.78 is 13.4. The number of aromatic nitrogens is 2. The summed E-state index contributed by atoms with van der Waals surface area (Å²) in [6, 6.07) is 19.2. The molecule has 0 radical (unpaired) electrons. The molecule has 1 aromatic heterocycles. The minimum atomic E-state index is -0.253. The average Bonchev–Trinajstić information content (AvgIpc) is 3.20. The fraction of sp³-hybridized carbons (Fsp3) is 0.231. The largest absolute Gasteiger partial charge is 0.494 e. The number of amides is 1. The smallest absolute Gasteiger partial charge is 0.262 e. The van der Waals surface area contributed by atoms with E-state index in [0.29, 0.717) is 28.8 Å². The topological polar surface area (TPSA) is 68.6 Å². The van der Waals surface area contributed by atoms with Crippen molar-refractivity contribution in [2.24, 2.45) is 0 Å². The third-order valence-electron chi connectivity index (χ3n) is 5.93. The summed E-state index contributed by atoms with van der Waals surface area (Å²) in [4.78, 5) is 19.5. The lowest BCUT2D eigenvalue weighted by molar-refractivity contribution is -0.118. The van der Waals surface area contributed by atoms with E-state index in [4.69, 9.17) is 26.1 Å². The number of imidazole rings is 1. The summed E-state index contributed by atoms with van der Waals surface area (Å²) in [5.41, 5.74) is 4.75. The molecular formula is C26H25ClN4O3. The monoisotopic (exact) mass is 476 g/mol. The molecule has 1 aliphatic rings. The Kier molecular flexibility index (Phi) is 6.02. The zero-order valence-corrected chi connectivity index (χ0v) is 19.8. The molecule has 0 fully saturated rings. The predicted molar refractivity (Wildman–Crippen MR) is 134 cm³/mol. The van der Waals surface area contributed by atoms with E-state index in [1.807, 2.05) is 67.6 Å². The van der Waals surface area contributed by atoms with E-state index < -0.39 is 0 Å². The van der Waals surface area contributed by atoms with Crippen LogP contribution in [0.3, 0.4) is 0 Å². The van der Waals surface area contributed by atoms with Gasteiger partial charge in [0.2, 0.25) is 0 Å². The normalized spacial score (nSPS) is 13.0. The molecule has 3 aromatic carbocycles. The van der Waals surface area contributed by atoms with Gasteiger partial charge in [-0.1, -0.05) is 29.3 Å². The SMILES string of the molecule is COc1cc(N2CCn3c(nc4cc(Cl)ccc43)C2)ccc1NC(=O)COc1ccc(C)cc1. The molecule has 0 saturated carbocycles. The number of hydrogen-bond acceptors (Lipinski definition) is 5. The van der Waals surface area contributed by atoms with E-state index in [-0.39, 0.29) is 12.5 Å². The van der Waals surface area contributed by atoms with Crippen LogP contribution < -0.4 is 19.7 Å². The molecule has 2 heterocycles. The molecular weight excluding hydrogens is 452 g/mol. The fourth-order valence-corrected chi connectivity index (χ4v) is 4.33. The Morgan fingerprint density at radius 1 is 1.09 bits per heavy atom. The van der Waals surface area contributed by atoms with Gasteiger partial charge in [-0.15, -0.1) is 0 Å². The van der Waals surface area contributed by atoms with E-state index in [1.165, 1.54) is 0 Å². The van der Waals surface area contributed by atoms with E-state index in [9.17, 15) is 4.79 Å². The van der Waals surface area contributed by atoms with Gasteiger partial charge in [-0.05, 0) is 49.4 Å². The highest BCUT2D eigenvalue weighted by Crippen LogP contribution is 2.32. The van der Waals surface area contributed by atoms with E-state index in [1.54, 1.807) is 7.11 Å². The number of nitrogens with zero attached hydrogens (tertiary/aromatic N) is 3. The molecule has 8 heteroatoms. The van der Waals surface area contributed by atoms with Crippen molar-refractivity contribution in [3.8, 4) is 11.5 Å². The lowest BCUT2D eigenvalue weighted by Crippen LogP contribution is -2.33. The maximum Gasteiger partial charge on any atom is 0.262 e. The van der Waals surface area contributed by atoms with Crippen LogP contribution in [-0.2, 0) is 17.9 Å². The Morgan fingerprint density at radius 2 is 1.91 bits per heavy atom. The third kappa shape index (κ3) is 4.52. The van der Waals surface area contributed by atoms with Crippen LogP contribution in [0.1, 0.15) is 11.4 Å². The molecule has 5 rings (SSSR count). The van der Waals surface area contributed by atoms with Crippen LogP contribution in [0.2, 0.25) is 5.02 Å². The second-order valence-corrected chi connectivity index (χ2v) is 8.71. The van der Waals surface area contributed by atoms with Crippen LogP contribution in [0.5, 0.6) is 11.5 Å². The van der Waals surface area contributed by atoms with Crippen molar-refractivity contribution in [2.75, 3.05) is 30.5 Å².